The lowest BCUT2D eigenvalue weighted by molar-refractivity contribution is -0.144. The van der Waals surface area contributed by atoms with Crippen molar-refractivity contribution in [1.29, 1.82) is 0 Å². The van der Waals surface area contributed by atoms with Gasteiger partial charge in [0.05, 0.1) is 11.2 Å². The lowest BCUT2D eigenvalue weighted by Gasteiger charge is -2.67. The summed E-state index contributed by atoms with van der Waals surface area (Å²) in [5.74, 6) is 0.972. The molecule has 1 spiro atoms. The Morgan fingerprint density at radius 2 is 1.89 bits per heavy atom. The van der Waals surface area contributed by atoms with Gasteiger partial charge < -0.3 is 15.5 Å². The van der Waals surface area contributed by atoms with Gasteiger partial charge in [-0.2, -0.15) is 4.98 Å². The smallest absolute Gasteiger partial charge is 0.244 e. The zero-order chi connectivity index (χ0) is 26.2. The number of nitrogens with one attached hydrogen (secondary N) is 2. The molecular weight excluding hydrogens is 485 g/mol. The summed E-state index contributed by atoms with van der Waals surface area (Å²) in [5, 5.41) is 6.01. The number of amides is 2. The average Bonchev–Trinajstić information content (AvgIpc) is 3.21. The van der Waals surface area contributed by atoms with Gasteiger partial charge in [0, 0.05) is 62.6 Å². The number of carbonyl (C=O) groups is 2. The van der Waals surface area contributed by atoms with E-state index in [1.54, 1.807) is 12.3 Å². The zero-order valence-electron chi connectivity index (χ0n) is 22.0. The fourth-order valence-electron chi connectivity index (χ4n) is 7.13. The Balaban J connectivity index is 1.14. The van der Waals surface area contributed by atoms with Crippen molar-refractivity contribution in [3.8, 4) is 0 Å². The van der Waals surface area contributed by atoms with Crippen LogP contribution in [-0.4, -0.2) is 71.0 Å². The minimum Gasteiger partial charge on any atom is -0.367 e. The van der Waals surface area contributed by atoms with Gasteiger partial charge in [-0.05, 0) is 63.6 Å². The van der Waals surface area contributed by atoms with Gasteiger partial charge in [-0.3, -0.25) is 19.4 Å². The molecule has 2 amide bonds. The van der Waals surface area contributed by atoms with Crippen molar-refractivity contribution >= 4 is 35.0 Å². The molecular formula is C28H34FN7O2. The number of aromatic nitrogens is 2. The second-order valence-electron chi connectivity index (χ2n) is 12.1. The van der Waals surface area contributed by atoms with Crippen LogP contribution >= 0.6 is 0 Å². The summed E-state index contributed by atoms with van der Waals surface area (Å²) < 4.78 is 15.2. The van der Waals surface area contributed by atoms with Crippen LogP contribution in [0.5, 0.6) is 0 Å². The second-order valence-corrected chi connectivity index (χ2v) is 12.1. The van der Waals surface area contributed by atoms with E-state index < -0.39 is 5.41 Å². The fraction of sp³-hybridized carbons (Fsp3) is 0.571. The summed E-state index contributed by atoms with van der Waals surface area (Å²) in [6.07, 6.45) is 5.42. The van der Waals surface area contributed by atoms with Crippen LogP contribution in [0.2, 0.25) is 0 Å². The van der Waals surface area contributed by atoms with Crippen molar-refractivity contribution in [3.63, 3.8) is 0 Å². The monoisotopic (exact) mass is 519 g/mol. The number of halogens is 1. The molecule has 2 aromatic rings. The maximum Gasteiger partial charge on any atom is 0.244 e. The Morgan fingerprint density at radius 1 is 1.13 bits per heavy atom. The Hall–Kier alpha value is -3.27. The number of benzene rings is 1. The van der Waals surface area contributed by atoms with Crippen LogP contribution in [0.25, 0.3) is 0 Å². The van der Waals surface area contributed by atoms with Gasteiger partial charge in [0.1, 0.15) is 17.1 Å². The number of carbonyl (C=O) groups excluding carboxylic acids is 2. The van der Waals surface area contributed by atoms with Gasteiger partial charge in [-0.15, -0.1) is 0 Å². The van der Waals surface area contributed by atoms with Crippen molar-refractivity contribution in [3.05, 3.63) is 35.8 Å². The predicted molar refractivity (Wildman–Crippen MR) is 142 cm³/mol. The van der Waals surface area contributed by atoms with Crippen LogP contribution in [0.3, 0.4) is 0 Å². The molecule has 2 bridgehead atoms. The highest BCUT2D eigenvalue weighted by atomic mass is 19.1. The molecule has 2 saturated heterocycles. The molecule has 1 aromatic carbocycles. The molecule has 8 rings (SSSR count). The molecule has 200 valence electrons. The van der Waals surface area contributed by atoms with Crippen LogP contribution in [0.15, 0.2) is 24.4 Å². The van der Waals surface area contributed by atoms with Gasteiger partial charge in [-0.25, -0.2) is 9.37 Å². The van der Waals surface area contributed by atoms with Crippen molar-refractivity contribution < 1.29 is 14.0 Å². The Bertz CT molecular complexity index is 1310. The van der Waals surface area contributed by atoms with Gasteiger partial charge in [0.15, 0.2) is 0 Å². The van der Waals surface area contributed by atoms with Crippen LogP contribution in [-0.2, 0) is 16.0 Å². The summed E-state index contributed by atoms with van der Waals surface area (Å²) in [6, 6.07) is 5.63. The lowest BCUT2D eigenvalue weighted by atomic mass is 9.48. The highest BCUT2D eigenvalue weighted by Gasteiger charge is 2.67. The molecule has 3 aliphatic carbocycles. The van der Waals surface area contributed by atoms with E-state index in [9.17, 15) is 9.59 Å². The molecule has 0 radical (unpaired) electrons. The van der Waals surface area contributed by atoms with Crippen LogP contribution < -0.4 is 20.4 Å². The molecule has 3 saturated carbocycles. The lowest BCUT2D eigenvalue weighted by Crippen LogP contribution is -2.73. The molecule has 1 aromatic heterocycles. The predicted octanol–water partition coefficient (Wildman–Crippen LogP) is 2.84. The van der Waals surface area contributed by atoms with E-state index in [0.717, 1.165) is 51.0 Å². The van der Waals surface area contributed by atoms with E-state index in [1.165, 1.54) is 6.07 Å². The summed E-state index contributed by atoms with van der Waals surface area (Å²) in [7, 11) is 0. The molecule has 38 heavy (non-hydrogen) atoms. The van der Waals surface area contributed by atoms with E-state index >= 15 is 4.39 Å². The van der Waals surface area contributed by atoms with Crippen LogP contribution in [0, 0.1) is 17.2 Å². The molecule has 6 aliphatic rings. The van der Waals surface area contributed by atoms with Gasteiger partial charge in [-0.1, -0.05) is 0 Å². The van der Waals surface area contributed by atoms with Crippen molar-refractivity contribution in [2.24, 2.45) is 11.3 Å². The SMILES string of the molecule is CC(C)N1CCN(c2ccc(Nc3ncc4c(n3)N(C35CC(C3)C5)C(=O)[C@]3(CCNC3=O)C4)cc2F)CC1. The molecule has 0 unspecified atom stereocenters. The number of hydrogen-bond donors (Lipinski definition) is 2. The molecule has 9 nitrogen and oxygen atoms in total. The number of rotatable bonds is 5. The average molecular weight is 520 g/mol. The molecule has 4 heterocycles. The van der Waals surface area contributed by atoms with Crippen LogP contribution in [0.1, 0.15) is 45.1 Å². The maximum atomic E-state index is 15.2. The molecule has 1 atom stereocenters. The standard InChI is InChI=1S/C28H34FN7O2/c1-17(2)34-7-9-35(10-8-34)22-4-3-20(11-21(22)29)32-26-31-16-19-15-28(5-6-30-24(28)37)25(38)36(23(19)33-26)27-12-18(13-27)14-27/h3-4,11,16-18H,5-10,12-15H2,1-2H3,(H,30,37)(H,31,32,33)/t18?,27?,28-/m1/s1. The Kier molecular flexibility index (Phi) is 5.24. The molecule has 2 N–H and O–H groups in total. The Morgan fingerprint density at radius 3 is 2.50 bits per heavy atom. The largest absolute Gasteiger partial charge is 0.367 e. The third-order valence-corrected chi connectivity index (χ3v) is 9.50. The second kappa shape index (κ2) is 8.36. The normalized spacial score (nSPS) is 30.3. The first-order valence-corrected chi connectivity index (χ1v) is 13.8. The Labute approximate surface area is 221 Å². The first kappa shape index (κ1) is 23.8. The summed E-state index contributed by atoms with van der Waals surface area (Å²) in [6.45, 7) is 8.31. The van der Waals surface area contributed by atoms with Crippen molar-refractivity contribution in [1.82, 2.24) is 20.2 Å². The number of fused-ring (bicyclic) bond motifs is 1. The van der Waals surface area contributed by atoms with E-state index in [0.29, 0.717) is 54.5 Å². The van der Waals surface area contributed by atoms with Gasteiger partial charge in [0.25, 0.3) is 0 Å². The van der Waals surface area contributed by atoms with E-state index in [1.807, 2.05) is 11.0 Å². The number of hydrogen-bond acceptors (Lipinski definition) is 7. The quantitative estimate of drug-likeness (QED) is 0.587. The van der Waals surface area contributed by atoms with Gasteiger partial charge >= 0.3 is 0 Å². The minimum absolute atomic E-state index is 0.129. The minimum atomic E-state index is -1.06. The van der Waals surface area contributed by atoms with Crippen molar-refractivity contribution in [2.75, 3.05) is 47.8 Å². The highest BCUT2D eigenvalue weighted by molar-refractivity contribution is 6.15. The van der Waals surface area contributed by atoms with Gasteiger partial charge in [0.2, 0.25) is 17.8 Å². The fourth-order valence-corrected chi connectivity index (χ4v) is 7.13. The molecule has 3 aliphatic heterocycles. The number of nitrogens with zero attached hydrogens (tertiary/aromatic N) is 5. The maximum absolute atomic E-state index is 15.2. The highest BCUT2D eigenvalue weighted by Crippen LogP contribution is 2.63. The van der Waals surface area contributed by atoms with E-state index in [2.05, 4.69) is 39.3 Å². The zero-order valence-corrected chi connectivity index (χ0v) is 22.0. The third-order valence-electron chi connectivity index (χ3n) is 9.50. The number of piperazine rings is 1. The molecule has 5 fully saturated rings. The van der Waals surface area contributed by atoms with Crippen molar-refractivity contribution in [2.45, 2.75) is 57.5 Å². The third kappa shape index (κ3) is 3.45. The topological polar surface area (TPSA) is 93.7 Å². The first-order valence-electron chi connectivity index (χ1n) is 13.8. The first-order chi connectivity index (χ1) is 18.3. The van der Waals surface area contributed by atoms with Crippen LogP contribution in [0.4, 0.5) is 27.5 Å². The summed E-state index contributed by atoms with van der Waals surface area (Å²) >= 11 is 0. The summed E-state index contributed by atoms with van der Waals surface area (Å²) in [4.78, 5) is 42.3. The molecule has 10 heteroatoms. The van der Waals surface area contributed by atoms with E-state index in [4.69, 9.17) is 4.98 Å². The number of anilines is 4. The summed E-state index contributed by atoms with van der Waals surface area (Å²) in [5.41, 5.74) is 0.689. The van der Waals surface area contributed by atoms with E-state index in [-0.39, 0.29) is 23.2 Å².